The lowest BCUT2D eigenvalue weighted by Crippen LogP contribution is -2.43. The van der Waals surface area contributed by atoms with Crippen LogP contribution in [0.2, 0.25) is 0 Å². The maximum absolute atomic E-state index is 14.1. The number of benzene rings is 1. The molecule has 10 heteroatoms. The molecule has 5 nitrogen and oxygen atoms in total. The highest BCUT2D eigenvalue weighted by Crippen LogP contribution is 2.49. The van der Waals surface area contributed by atoms with Crippen molar-refractivity contribution in [2.24, 2.45) is 0 Å². The number of aliphatic hydroxyl groups is 1. The summed E-state index contributed by atoms with van der Waals surface area (Å²) in [5.41, 5.74) is -1.27. The number of rotatable bonds is 6. The minimum absolute atomic E-state index is 0.0309. The SMILES string of the molecule is CN(CCO)CC1=C(N2CCCC2=O)c2cc(C(F)(F)C(F)(F)F)ccc2OC1(C)C. The van der Waals surface area contributed by atoms with E-state index in [0.717, 1.165) is 12.1 Å². The summed E-state index contributed by atoms with van der Waals surface area (Å²) in [6, 6.07) is 2.57. The van der Waals surface area contributed by atoms with Gasteiger partial charge in [0, 0.05) is 42.8 Å². The minimum Gasteiger partial charge on any atom is -0.483 e. The van der Waals surface area contributed by atoms with Crippen molar-refractivity contribution >= 4 is 11.6 Å². The van der Waals surface area contributed by atoms with Crippen molar-refractivity contribution in [3.05, 3.63) is 34.9 Å². The van der Waals surface area contributed by atoms with Gasteiger partial charge in [0.25, 0.3) is 0 Å². The summed E-state index contributed by atoms with van der Waals surface area (Å²) >= 11 is 0. The molecule has 0 saturated carbocycles. The van der Waals surface area contributed by atoms with Gasteiger partial charge >= 0.3 is 12.1 Å². The molecule has 0 aromatic heterocycles. The van der Waals surface area contributed by atoms with Crippen LogP contribution in [0.4, 0.5) is 22.0 Å². The second-order valence-corrected chi connectivity index (χ2v) is 8.33. The number of alkyl halides is 5. The lowest BCUT2D eigenvalue weighted by Gasteiger charge is -2.41. The Morgan fingerprint density at radius 2 is 1.90 bits per heavy atom. The van der Waals surface area contributed by atoms with Crippen LogP contribution in [0.5, 0.6) is 5.75 Å². The number of likely N-dealkylation sites (tertiary alicyclic amines) is 1. The van der Waals surface area contributed by atoms with Crippen LogP contribution in [0.3, 0.4) is 0 Å². The van der Waals surface area contributed by atoms with E-state index in [0.29, 0.717) is 36.8 Å². The number of ether oxygens (including phenoxy) is 1. The average molecular weight is 448 g/mol. The normalized spacial score (nSPS) is 19.2. The number of fused-ring (bicyclic) bond motifs is 1. The molecule has 0 spiro atoms. The van der Waals surface area contributed by atoms with Crippen LogP contribution in [0.25, 0.3) is 5.70 Å². The Kier molecular flexibility index (Phi) is 6.09. The number of likely N-dealkylation sites (N-methyl/N-ethyl adjacent to an activating group) is 1. The van der Waals surface area contributed by atoms with Gasteiger partial charge in [0.05, 0.1) is 12.3 Å². The topological polar surface area (TPSA) is 53.0 Å². The van der Waals surface area contributed by atoms with Crippen molar-refractivity contribution in [3.8, 4) is 5.75 Å². The van der Waals surface area contributed by atoms with E-state index in [-0.39, 0.29) is 36.8 Å². The summed E-state index contributed by atoms with van der Waals surface area (Å²) in [6.07, 6.45) is -4.94. The summed E-state index contributed by atoms with van der Waals surface area (Å²) in [4.78, 5) is 15.8. The fourth-order valence-electron chi connectivity index (χ4n) is 3.93. The van der Waals surface area contributed by atoms with Crippen molar-refractivity contribution in [2.75, 3.05) is 33.3 Å². The van der Waals surface area contributed by atoms with Gasteiger partial charge in [-0.05, 0) is 45.5 Å². The second kappa shape index (κ2) is 8.05. The summed E-state index contributed by atoms with van der Waals surface area (Å²) in [5, 5.41) is 9.23. The Hall–Kier alpha value is -2.20. The van der Waals surface area contributed by atoms with Gasteiger partial charge in [-0.15, -0.1) is 0 Å². The van der Waals surface area contributed by atoms with Crippen molar-refractivity contribution in [2.45, 2.75) is 44.4 Å². The molecule has 1 fully saturated rings. The molecule has 0 unspecified atom stereocenters. The minimum atomic E-state index is -5.76. The van der Waals surface area contributed by atoms with E-state index in [4.69, 9.17) is 4.74 Å². The van der Waals surface area contributed by atoms with Gasteiger partial charge in [0.2, 0.25) is 5.91 Å². The quantitative estimate of drug-likeness (QED) is 0.674. The highest BCUT2D eigenvalue weighted by molar-refractivity contribution is 5.91. The Morgan fingerprint density at radius 3 is 2.45 bits per heavy atom. The van der Waals surface area contributed by atoms with Crippen LogP contribution in [0.15, 0.2) is 23.8 Å². The highest BCUT2D eigenvalue weighted by atomic mass is 19.4. The van der Waals surface area contributed by atoms with E-state index in [1.165, 1.54) is 4.90 Å². The predicted octanol–water partition coefficient (Wildman–Crippen LogP) is 3.77. The molecule has 0 bridgehead atoms. The number of amides is 1. The van der Waals surface area contributed by atoms with Gasteiger partial charge in [-0.3, -0.25) is 9.69 Å². The molecule has 172 valence electrons. The van der Waals surface area contributed by atoms with Gasteiger partial charge in [-0.1, -0.05) is 0 Å². The lowest BCUT2D eigenvalue weighted by atomic mass is 9.87. The summed E-state index contributed by atoms with van der Waals surface area (Å²) in [5.74, 6) is -5.15. The first-order valence-corrected chi connectivity index (χ1v) is 9.91. The molecule has 31 heavy (non-hydrogen) atoms. The third-order valence-electron chi connectivity index (χ3n) is 5.58. The van der Waals surface area contributed by atoms with E-state index >= 15 is 0 Å². The second-order valence-electron chi connectivity index (χ2n) is 8.33. The van der Waals surface area contributed by atoms with E-state index in [1.54, 1.807) is 25.8 Å². The Bertz CT molecular complexity index is 895. The number of hydrogen-bond acceptors (Lipinski definition) is 4. The molecule has 0 radical (unpaired) electrons. The zero-order valence-corrected chi connectivity index (χ0v) is 17.5. The molecule has 3 rings (SSSR count). The van der Waals surface area contributed by atoms with E-state index in [9.17, 15) is 31.9 Å². The molecule has 1 aromatic rings. The number of halogens is 5. The first-order valence-electron chi connectivity index (χ1n) is 9.91. The van der Waals surface area contributed by atoms with Crippen LogP contribution >= 0.6 is 0 Å². The summed E-state index contributed by atoms with van der Waals surface area (Å²) in [7, 11) is 1.73. The molecule has 2 aliphatic heterocycles. The molecular weight excluding hydrogens is 423 g/mol. The van der Waals surface area contributed by atoms with Crippen LogP contribution in [-0.2, 0) is 10.7 Å². The third-order valence-corrected chi connectivity index (χ3v) is 5.58. The molecule has 1 saturated heterocycles. The first kappa shape index (κ1) is 23.5. The molecule has 2 heterocycles. The smallest absolute Gasteiger partial charge is 0.458 e. The number of aliphatic hydroxyl groups excluding tert-OH is 1. The van der Waals surface area contributed by atoms with Gasteiger partial charge in [-0.2, -0.15) is 22.0 Å². The van der Waals surface area contributed by atoms with Gasteiger partial charge in [0.1, 0.15) is 11.4 Å². The zero-order chi connectivity index (χ0) is 23.2. The van der Waals surface area contributed by atoms with Crippen molar-refractivity contribution < 1.29 is 36.6 Å². The highest BCUT2D eigenvalue weighted by Gasteiger charge is 2.59. The fraction of sp³-hybridized carbons (Fsp3) is 0.571. The Morgan fingerprint density at radius 1 is 1.23 bits per heavy atom. The fourth-order valence-corrected chi connectivity index (χ4v) is 3.93. The molecule has 1 N–H and O–H groups in total. The van der Waals surface area contributed by atoms with Crippen molar-refractivity contribution in [1.29, 1.82) is 0 Å². The Balaban J connectivity index is 2.23. The van der Waals surface area contributed by atoms with E-state index in [1.807, 2.05) is 0 Å². The molecule has 1 aromatic carbocycles. The summed E-state index contributed by atoms with van der Waals surface area (Å²) in [6.45, 7) is 4.23. The average Bonchev–Trinajstić information content (AvgIpc) is 3.06. The predicted molar refractivity (Wildman–Crippen MR) is 104 cm³/mol. The molecule has 0 atom stereocenters. The van der Waals surface area contributed by atoms with E-state index in [2.05, 4.69) is 0 Å². The van der Waals surface area contributed by atoms with E-state index < -0.39 is 23.3 Å². The molecule has 2 aliphatic rings. The molecular formula is C21H25F5N2O3. The van der Waals surface area contributed by atoms with Crippen molar-refractivity contribution in [3.63, 3.8) is 0 Å². The number of carbonyl (C=O) groups is 1. The largest absolute Gasteiger partial charge is 0.483 e. The van der Waals surface area contributed by atoms with Gasteiger partial charge < -0.3 is 14.7 Å². The number of hydrogen-bond donors (Lipinski definition) is 1. The maximum atomic E-state index is 14.1. The molecule has 1 amide bonds. The summed E-state index contributed by atoms with van der Waals surface area (Å²) < 4.78 is 73.1. The monoisotopic (exact) mass is 448 g/mol. The third kappa shape index (κ3) is 4.27. The number of carbonyl (C=O) groups excluding carboxylic acids is 1. The van der Waals surface area contributed by atoms with Crippen LogP contribution in [0.1, 0.15) is 37.8 Å². The standard InChI is InChI=1S/C21H25F5N2O3/c1-19(2)15(12-27(3)9-10-29)18(28-8-4-5-17(28)30)14-11-13(6-7-16(14)31-19)20(22,23)21(24,25)26/h6-7,11,29H,4-5,8-10,12H2,1-3H3. The van der Waals surface area contributed by atoms with Gasteiger partial charge in [-0.25, -0.2) is 0 Å². The lowest BCUT2D eigenvalue weighted by molar-refractivity contribution is -0.289. The molecule has 0 aliphatic carbocycles. The number of nitrogens with zero attached hydrogens (tertiary/aromatic N) is 2. The van der Waals surface area contributed by atoms with Crippen LogP contribution in [-0.4, -0.2) is 65.9 Å². The Labute approximate surface area is 177 Å². The maximum Gasteiger partial charge on any atom is 0.458 e. The van der Waals surface area contributed by atoms with Gasteiger partial charge in [0.15, 0.2) is 0 Å². The first-order chi connectivity index (χ1) is 14.3. The van der Waals surface area contributed by atoms with Crippen LogP contribution < -0.4 is 4.74 Å². The van der Waals surface area contributed by atoms with Crippen LogP contribution in [0, 0.1) is 0 Å². The zero-order valence-electron chi connectivity index (χ0n) is 17.5. The van der Waals surface area contributed by atoms with Crippen molar-refractivity contribution in [1.82, 2.24) is 9.80 Å².